The van der Waals surface area contributed by atoms with E-state index >= 15 is 0 Å². The fourth-order valence-electron chi connectivity index (χ4n) is 9.06. The molecule has 0 spiro atoms. The molecule has 12 rings (SSSR count). The minimum absolute atomic E-state index is 0.844. The van der Waals surface area contributed by atoms with Crippen molar-refractivity contribution in [3.63, 3.8) is 0 Å². The maximum absolute atomic E-state index is 6.49. The van der Waals surface area contributed by atoms with Crippen molar-refractivity contribution in [2.45, 2.75) is 0 Å². The van der Waals surface area contributed by atoms with Gasteiger partial charge in [0.25, 0.3) is 0 Å². The number of furan rings is 2. The van der Waals surface area contributed by atoms with Crippen LogP contribution < -0.4 is 9.80 Å². The lowest BCUT2D eigenvalue weighted by atomic mass is 9.92. The van der Waals surface area contributed by atoms with E-state index in [4.69, 9.17) is 8.83 Å². The molecule has 0 N–H and O–H groups in total. The Morgan fingerprint density at radius 1 is 0.250 bits per heavy atom. The maximum Gasteiger partial charge on any atom is 0.137 e. The summed E-state index contributed by atoms with van der Waals surface area (Å²) in [5.41, 5.74) is 11.8. The molecule has 4 nitrogen and oxygen atoms in total. The summed E-state index contributed by atoms with van der Waals surface area (Å²) in [6, 6.07) is 77.6. The number of hydrogen-bond donors (Lipinski definition) is 0. The van der Waals surface area contributed by atoms with Crippen LogP contribution in [0.3, 0.4) is 0 Å². The van der Waals surface area contributed by atoms with Crippen LogP contribution in [0.15, 0.2) is 227 Å². The van der Waals surface area contributed by atoms with E-state index in [1.54, 1.807) is 0 Å². The second kappa shape index (κ2) is 13.8. The summed E-state index contributed by atoms with van der Waals surface area (Å²) < 4.78 is 13.0. The van der Waals surface area contributed by atoms with Crippen LogP contribution in [0, 0.1) is 0 Å². The van der Waals surface area contributed by atoms with Gasteiger partial charge < -0.3 is 18.6 Å². The normalized spacial score (nSPS) is 11.7. The fraction of sp³-hybridized carbons (Fsp3) is 0. The zero-order chi connectivity index (χ0) is 39.6. The first-order valence-electron chi connectivity index (χ1n) is 20.3. The standard InChI is InChI=1S/C56H36N2O2/c1-3-16-39(17-4-1)57(41-27-29-50-48-23-11-13-25-53(48)59-55(50)35-41)43-31-38(52-33-37-15-7-8-20-45(37)46-21-9-10-22-47(46)52)32-44(34-43)58(40-18-5-2-6-19-40)42-28-30-51-49-24-12-14-26-54(49)60-56(51)36-42/h1-36H. The van der Waals surface area contributed by atoms with Crippen LogP contribution in [-0.2, 0) is 0 Å². The van der Waals surface area contributed by atoms with Crippen molar-refractivity contribution in [2.75, 3.05) is 9.80 Å². The van der Waals surface area contributed by atoms with Gasteiger partial charge in [0.05, 0.1) is 0 Å². The van der Waals surface area contributed by atoms with Crippen molar-refractivity contribution in [1.82, 2.24) is 0 Å². The van der Waals surface area contributed by atoms with Gasteiger partial charge >= 0.3 is 0 Å². The molecule has 0 aliphatic rings. The molecule has 0 atom stereocenters. The van der Waals surface area contributed by atoms with Gasteiger partial charge in [0.15, 0.2) is 0 Å². The lowest BCUT2D eigenvalue weighted by molar-refractivity contribution is 0.668. The van der Waals surface area contributed by atoms with Crippen LogP contribution >= 0.6 is 0 Å². The number of hydrogen-bond acceptors (Lipinski definition) is 4. The van der Waals surface area contributed by atoms with Crippen molar-refractivity contribution in [2.24, 2.45) is 0 Å². The quantitative estimate of drug-likeness (QED) is 0.151. The third-order valence-corrected chi connectivity index (χ3v) is 11.8. The van der Waals surface area contributed by atoms with Gasteiger partial charge in [0.2, 0.25) is 0 Å². The van der Waals surface area contributed by atoms with Gasteiger partial charge in [-0.3, -0.25) is 0 Å². The number of rotatable bonds is 7. The molecule has 0 aliphatic heterocycles. The first kappa shape index (κ1) is 34.0. The third-order valence-electron chi connectivity index (χ3n) is 11.8. The van der Waals surface area contributed by atoms with Gasteiger partial charge in [0.1, 0.15) is 22.3 Å². The van der Waals surface area contributed by atoms with Crippen molar-refractivity contribution >= 4 is 99.5 Å². The molecule has 2 aromatic heterocycles. The van der Waals surface area contributed by atoms with Crippen LogP contribution in [0.1, 0.15) is 0 Å². The molecule has 0 saturated heterocycles. The van der Waals surface area contributed by atoms with Crippen LogP contribution in [-0.4, -0.2) is 0 Å². The highest BCUT2D eigenvalue weighted by atomic mass is 16.3. The number of benzene rings is 10. The Labute approximate surface area is 346 Å². The van der Waals surface area contributed by atoms with Crippen molar-refractivity contribution < 1.29 is 8.83 Å². The Balaban J connectivity index is 1.15. The van der Waals surface area contributed by atoms with E-state index in [2.05, 4.69) is 204 Å². The summed E-state index contributed by atoms with van der Waals surface area (Å²) in [4.78, 5) is 4.68. The van der Waals surface area contributed by atoms with E-state index in [9.17, 15) is 0 Å². The molecule has 0 saturated carbocycles. The zero-order valence-electron chi connectivity index (χ0n) is 32.5. The summed E-state index contributed by atoms with van der Waals surface area (Å²) in [6.07, 6.45) is 0. The van der Waals surface area contributed by atoms with Crippen molar-refractivity contribution in [3.8, 4) is 11.1 Å². The highest BCUT2D eigenvalue weighted by Crippen LogP contribution is 2.46. The number of fused-ring (bicyclic) bond motifs is 9. The van der Waals surface area contributed by atoms with Gasteiger partial charge in [0, 0.05) is 67.8 Å². The Morgan fingerprint density at radius 2 is 0.683 bits per heavy atom. The monoisotopic (exact) mass is 768 g/mol. The molecular weight excluding hydrogens is 733 g/mol. The van der Waals surface area contributed by atoms with Gasteiger partial charge in [-0.25, -0.2) is 0 Å². The molecule has 0 radical (unpaired) electrons. The van der Waals surface area contributed by atoms with Gasteiger partial charge in [-0.2, -0.15) is 0 Å². The molecule has 0 bridgehead atoms. The van der Waals surface area contributed by atoms with E-state index in [1.807, 2.05) is 24.3 Å². The molecule has 0 aliphatic carbocycles. The van der Waals surface area contributed by atoms with Crippen LogP contribution in [0.4, 0.5) is 34.1 Å². The summed E-state index contributed by atoms with van der Waals surface area (Å²) in [5.74, 6) is 0. The molecule has 282 valence electrons. The van der Waals surface area contributed by atoms with Crippen LogP contribution in [0.5, 0.6) is 0 Å². The minimum Gasteiger partial charge on any atom is -0.456 e. The number of anilines is 6. The molecule has 60 heavy (non-hydrogen) atoms. The topological polar surface area (TPSA) is 32.8 Å². The summed E-state index contributed by atoms with van der Waals surface area (Å²) in [5, 5.41) is 9.26. The van der Waals surface area contributed by atoms with Gasteiger partial charge in [-0.1, -0.05) is 121 Å². The largest absolute Gasteiger partial charge is 0.456 e. The van der Waals surface area contributed by atoms with Gasteiger partial charge in [-0.05, 0) is 118 Å². The minimum atomic E-state index is 0.844. The van der Waals surface area contributed by atoms with E-state index in [0.717, 1.165) is 89.1 Å². The Hall–Kier alpha value is -8.08. The lowest BCUT2D eigenvalue weighted by Gasteiger charge is -2.30. The summed E-state index contributed by atoms with van der Waals surface area (Å²) >= 11 is 0. The number of para-hydroxylation sites is 4. The SMILES string of the molecule is c1ccc(N(c2cc(-c3cc4ccccc4c4ccccc34)cc(N(c3ccccc3)c3ccc4c(c3)oc3ccccc34)c2)c2ccc3c(c2)oc2ccccc23)cc1. The predicted molar refractivity (Wildman–Crippen MR) is 251 cm³/mol. The van der Waals surface area contributed by atoms with E-state index < -0.39 is 0 Å². The van der Waals surface area contributed by atoms with Crippen LogP contribution in [0.2, 0.25) is 0 Å². The molecule has 10 aromatic carbocycles. The van der Waals surface area contributed by atoms with E-state index in [0.29, 0.717) is 0 Å². The third kappa shape index (κ3) is 5.61. The van der Waals surface area contributed by atoms with Gasteiger partial charge in [-0.15, -0.1) is 0 Å². The molecule has 0 fully saturated rings. The average Bonchev–Trinajstić information content (AvgIpc) is 3.87. The summed E-state index contributed by atoms with van der Waals surface area (Å²) in [7, 11) is 0. The Bertz CT molecular complexity index is 3390. The van der Waals surface area contributed by atoms with Crippen molar-refractivity contribution in [3.05, 3.63) is 218 Å². The average molecular weight is 769 g/mol. The predicted octanol–water partition coefficient (Wildman–Crippen LogP) is 16.4. The molecular formula is C56H36N2O2. The summed E-state index contributed by atoms with van der Waals surface area (Å²) in [6.45, 7) is 0. The highest BCUT2D eigenvalue weighted by Gasteiger charge is 2.22. The first-order valence-corrected chi connectivity index (χ1v) is 20.3. The molecule has 4 heteroatoms. The van der Waals surface area contributed by atoms with E-state index in [-0.39, 0.29) is 0 Å². The Kier molecular flexibility index (Phi) is 7.82. The van der Waals surface area contributed by atoms with Crippen molar-refractivity contribution in [1.29, 1.82) is 0 Å². The zero-order valence-corrected chi connectivity index (χ0v) is 32.5. The number of nitrogens with zero attached hydrogens (tertiary/aromatic N) is 2. The second-order valence-corrected chi connectivity index (χ2v) is 15.3. The highest BCUT2D eigenvalue weighted by molar-refractivity contribution is 6.14. The molecule has 2 heterocycles. The van der Waals surface area contributed by atoms with E-state index in [1.165, 1.54) is 21.5 Å². The molecule has 0 amide bonds. The fourth-order valence-corrected chi connectivity index (χ4v) is 9.06. The lowest BCUT2D eigenvalue weighted by Crippen LogP contribution is -2.13. The smallest absolute Gasteiger partial charge is 0.137 e. The first-order chi connectivity index (χ1) is 29.7. The second-order valence-electron chi connectivity index (χ2n) is 15.3. The Morgan fingerprint density at radius 3 is 1.23 bits per heavy atom. The maximum atomic E-state index is 6.49. The molecule has 12 aromatic rings. The molecule has 0 unspecified atom stereocenters. The van der Waals surface area contributed by atoms with Crippen LogP contribution in [0.25, 0.3) is 76.5 Å².